The molecule has 0 fully saturated rings. The smallest absolute Gasteiger partial charge is 0.231 e. The highest BCUT2D eigenvalue weighted by Crippen LogP contribution is 2.37. The second kappa shape index (κ2) is 6.15. The van der Waals surface area contributed by atoms with Crippen LogP contribution in [0, 0.1) is 0 Å². The quantitative estimate of drug-likeness (QED) is 0.697. The molecule has 112 valence electrons. The van der Waals surface area contributed by atoms with Crippen molar-refractivity contribution in [3.05, 3.63) is 24.4 Å². The fraction of sp³-hybridized carbons (Fsp3) is 0.400. The molecule has 2 aromatic rings. The summed E-state index contributed by atoms with van der Waals surface area (Å²) in [6, 6.07) is 5.88. The highest BCUT2D eigenvalue weighted by atomic mass is 16.7. The average molecular weight is 289 g/mol. The Morgan fingerprint density at radius 2 is 2.10 bits per heavy atom. The lowest BCUT2D eigenvalue weighted by molar-refractivity contribution is 0.174. The molecule has 0 saturated carbocycles. The molecule has 21 heavy (non-hydrogen) atoms. The lowest BCUT2D eigenvalue weighted by atomic mass is 10.1. The van der Waals surface area contributed by atoms with E-state index in [1.807, 2.05) is 18.2 Å². The Morgan fingerprint density at radius 1 is 1.29 bits per heavy atom. The summed E-state index contributed by atoms with van der Waals surface area (Å²) in [5.41, 5.74) is 0. The number of aliphatic hydroxyl groups is 1. The number of pyridine rings is 1. The van der Waals surface area contributed by atoms with Crippen LogP contribution in [0.25, 0.3) is 10.8 Å². The molecule has 0 aliphatic carbocycles. The summed E-state index contributed by atoms with van der Waals surface area (Å²) >= 11 is 0. The van der Waals surface area contributed by atoms with Crippen molar-refractivity contribution in [2.45, 2.75) is 13.0 Å². The first-order valence-electron chi connectivity index (χ1n) is 7.05. The van der Waals surface area contributed by atoms with Gasteiger partial charge in [-0.1, -0.05) is 0 Å². The number of rotatable bonds is 6. The molecule has 1 atom stereocenters. The molecule has 0 bridgehead atoms. The summed E-state index contributed by atoms with van der Waals surface area (Å²) in [4.78, 5) is 4.38. The monoisotopic (exact) mass is 289 g/mol. The Bertz CT molecular complexity index is 631. The SMILES string of the molecule is CC(O)CNCCNc1nccc2cc3c(cc12)OCO3. The number of aromatic nitrogens is 1. The van der Waals surface area contributed by atoms with Gasteiger partial charge in [0, 0.05) is 31.2 Å². The lowest BCUT2D eigenvalue weighted by Crippen LogP contribution is -2.29. The minimum Gasteiger partial charge on any atom is -0.454 e. The van der Waals surface area contributed by atoms with Crippen molar-refractivity contribution < 1.29 is 14.6 Å². The zero-order chi connectivity index (χ0) is 14.7. The summed E-state index contributed by atoms with van der Waals surface area (Å²) in [5, 5.41) is 17.7. The molecule has 6 nitrogen and oxygen atoms in total. The van der Waals surface area contributed by atoms with E-state index in [1.165, 1.54) is 0 Å². The van der Waals surface area contributed by atoms with Crippen molar-refractivity contribution in [3.8, 4) is 11.5 Å². The van der Waals surface area contributed by atoms with Crippen LogP contribution in [0.15, 0.2) is 24.4 Å². The normalized spacial score (nSPS) is 14.4. The van der Waals surface area contributed by atoms with Crippen molar-refractivity contribution in [2.75, 3.05) is 31.7 Å². The molecule has 1 aromatic heterocycles. The molecule has 1 aliphatic heterocycles. The van der Waals surface area contributed by atoms with Gasteiger partial charge in [-0.05, 0) is 30.5 Å². The fourth-order valence-electron chi connectivity index (χ4n) is 2.28. The van der Waals surface area contributed by atoms with Crippen molar-refractivity contribution in [3.63, 3.8) is 0 Å². The maximum atomic E-state index is 9.18. The number of anilines is 1. The molecule has 6 heteroatoms. The minimum absolute atomic E-state index is 0.269. The second-order valence-corrected chi connectivity index (χ2v) is 5.07. The van der Waals surface area contributed by atoms with Crippen LogP contribution in [0.3, 0.4) is 0 Å². The van der Waals surface area contributed by atoms with Gasteiger partial charge in [0.1, 0.15) is 5.82 Å². The van der Waals surface area contributed by atoms with Crippen molar-refractivity contribution >= 4 is 16.6 Å². The van der Waals surface area contributed by atoms with Gasteiger partial charge >= 0.3 is 0 Å². The average Bonchev–Trinajstić information content (AvgIpc) is 2.91. The van der Waals surface area contributed by atoms with E-state index in [-0.39, 0.29) is 12.9 Å². The summed E-state index contributed by atoms with van der Waals surface area (Å²) in [6.07, 6.45) is 1.44. The number of nitrogens with one attached hydrogen (secondary N) is 2. The molecule has 1 aromatic carbocycles. The highest BCUT2D eigenvalue weighted by molar-refractivity contribution is 5.94. The van der Waals surface area contributed by atoms with Crippen molar-refractivity contribution in [2.24, 2.45) is 0 Å². The highest BCUT2D eigenvalue weighted by Gasteiger charge is 2.15. The van der Waals surface area contributed by atoms with Gasteiger partial charge in [-0.2, -0.15) is 0 Å². The Morgan fingerprint density at radius 3 is 2.90 bits per heavy atom. The van der Waals surface area contributed by atoms with Crippen LogP contribution >= 0.6 is 0 Å². The van der Waals surface area contributed by atoms with Crippen LogP contribution in [0.4, 0.5) is 5.82 Å². The maximum absolute atomic E-state index is 9.18. The molecule has 2 heterocycles. The number of ether oxygens (including phenoxy) is 2. The van der Waals surface area contributed by atoms with E-state index in [2.05, 4.69) is 15.6 Å². The van der Waals surface area contributed by atoms with Crippen LogP contribution in [-0.2, 0) is 0 Å². The van der Waals surface area contributed by atoms with E-state index in [0.717, 1.165) is 41.2 Å². The van der Waals surface area contributed by atoms with E-state index in [4.69, 9.17) is 9.47 Å². The fourth-order valence-corrected chi connectivity index (χ4v) is 2.28. The molecule has 0 saturated heterocycles. The zero-order valence-corrected chi connectivity index (χ0v) is 11.9. The number of fused-ring (bicyclic) bond motifs is 2. The molecular formula is C15H19N3O3. The number of hydrogen-bond acceptors (Lipinski definition) is 6. The van der Waals surface area contributed by atoms with Crippen molar-refractivity contribution in [1.82, 2.24) is 10.3 Å². The van der Waals surface area contributed by atoms with E-state index in [0.29, 0.717) is 6.54 Å². The van der Waals surface area contributed by atoms with Crippen LogP contribution < -0.4 is 20.1 Å². The first kappa shape index (κ1) is 13.9. The van der Waals surface area contributed by atoms with Gasteiger partial charge in [-0.3, -0.25) is 0 Å². The molecule has 3 N–H and O–H groups in total. The van der Waals surface area contributed by atoms with E-state index >= 15 is 0 Å². The number of hydrogen-bond donors (Lipinski definition) is 3. The van der Waals surface area contributed by atoms with Gasteiger partial charge < -0.3 is 25.2 Å². The van der Waals surface area contributed by atoms with Gasteiger partial charge in [0.25, 0.3) is 0 Å². The molecule has 0 radical (unpaired) electrons. The van der Waals surface area contributed by atoms with Gasteiger partial charge in [-0.25, -0.2) is 4.98 Å². The van der Waals surface area contributed by atoms with Crippen LogP contribution in [0.5, 0.6) is 11.5 Å². The van der Waals surface area contributed by atoms with Gasteiger partial charge in [0.15, 0.2) is 11.5 Å². The first-order valence-corrected chi connectivity index (χ1v) is 7.05. The molecule has 0 amide bonds. The Balaban J connectivity index is 1.70. The van der Waals surface area contributed by atoms with Crippen LogP contribution in [0.2, 0.25) is 0 Å². The molecule has 3 rings (SSSR count). The first-order chi connectivity index (χ1) is 10.2. The standard InChI is InChI=1S/C15H19N3O3/c1-10(19)8-16-4-5-18-15-12-7-14-13(20-9-21-14)6-11(12)2-3-17-15/h2-3,6-7,10,16,19H,4-5,8-9H2,1H3,(H,17,18). The maximum Gasteiger partial charge on any atom is 0.231 e. The molecule has 0 spiro atoms. The third-order valence-electron chi connectivity index (χ3n) is 3.29. The third kappa shape index (κ3) is 3.17. The number of aliphatic hydroxyl groups excluding tert-OH is 1. The van der Waals surface area contributed by atoms with E-state index in [9.17, 15) is 5.11 Å². The Kier molecular flexibility index (Phi) is 4.08. The van der Waals surface area contributed by atoms with E-state index < -0.39 is 0 Å². The Hall–Kier alpha value is -2.05. The lowest BCUT2D eigenvalue weighted by Gasteiger charge is -2.11. The molecule has 1 aliphatic rings. The second-order valence-electron chi connectivity index (χ2n) is 5.07. The van der Waals surface area contributed by atoms with Crippen molar-refractivity contribution in [1.29, 1.82) is 0 Å². The summed E-state index contributed by atoms with van der Waals surface area (Å²) in [6.45, 7) is 4.10. The van der Waals surface area contributed by atoms with Gasteiger partial charge in [-0.15, -0.1) is 0 Å². The van der Waals surface area contributed by atoms with Crippen LogP contribution in [-0.4, -0.2) is 42.6 Å². The Labute approximate surface area is 123 Å². The number of nitrogens with zero attached hydrogens (tertiary/aromatic N) is 1. The largest absolute Gasteiger partial charge is 0.454 e. The predicted octanol–water partition coefficient (Wildman–Crippen LogP) is 1.35. The zero-order valence-electron chi connectivity index (χ0n) is 11.9. The topological polar surface area (TPSA) is 75.6 Å². The third-order valence-corrected chi connectivity index (χ3v) is 3.29. The van der Waals surface area contributed by atoms with Gasteiger partial charge in [0.05, 0.1) is 6.10 Å². The predicted molar refractivity (Wildman–Crippen MR) is 80.9 cm³/mol. The summed E-state index contributed by atoms with van der Waals surface area (Å²) < 4.78 is 10.8. The van der Waals surface area contributed by atoms with Crippen LogP contribution in [0.1, 0.15) is 6.92 Å². The molecule has 1 unspecified atom stereocenters. The molecular weight excluding hydrogens is 270 g/mol. The number of benzene rings is 1. The summed E-state index contributed by atoms with van der Waals surface area (Å²) in [5.74, 6) is 2.36. The van der Waals surface area contributed by atoms with Gasteiger partial charge in [0.2, 0.25) is 6.79 Å². The summed E-state index contributed by atoms with van der Waals surface area (Å²) in [7, 11) is 0. The van der Waals surface area contributed by atoms with E-state index in [1.54, 1.807) is 13.1 Å². The minimum atomic E-state index is -0.333.